The lowest BCUT2D eigenvalue weighted by Gasteiger charge is -2.13. The van der Waals surface area contributed by atoms with Crippen LogP contribution in [-0.4, -0.2) is 15.6 Å². The van der Waals surface area contributed by atoms with Gasteiger partial charge < -0.3 is 0 Å². The summed E-state index contributed by atoms with van der Waals surface area (Å²) in [6.07, 6.45) is 1.33. The summed E-state index contributed by atoms with van der Waals surface area (Å²) in [5.74, 6) is 0.279. The number of carbonyl (C=O) groups is 1. The van der Waals surface area contributed by atoms with Gasteiger partial charge in [0.2, 0.25) is 0 Å². The summed E-state index contributed by atoms with van der Waals surface area (Å²) in [7, 11) is 0. The first-order valence-electron chi connectivity index (χ1n) is 3.35. The third kappa shape index (κ3) is 1.25. The topological polar surface area (TPSA) is 30.0 Å². The van der Waals surface area contributed by atoms with Crippen molar-refractivity contribution in [2.24, 2.45) is 0 Å². The van der Waals surface area contributed by atoms with E-state index in [0.29, 0.717) is 6.42 Å². The predicted octanol–water partition coefficient (Wildman–Crippen LogP) is 1.57. The number of hydrogen-bond acceptors (Lipinski definition) is 3. The smallest absolute Gasteiger partial charge is 0.152 e. The maximum Gasteiger partial charge on any atom is 0.152 e. The van der Waals surface area contributed by atoms with E-state index in [1.165, 1.54) is 0 Å². The number of Topliss-reactive ketones (excluding diaryl/α,β-unsaturated/α-hetero) is 1. The Kier molecular flexibility index (Phi) is 1.81. The van der Waals surface area contributed by atoms with Crippen molar-refractivity contribution < 1.29 is 4.79 Å². The lowest BCUT2D eigenvalue weighted by molar-refractivity contribution is -0.118. The molecule has 0 fully saturated rings. The van der Waals surface area contributed by atoms with Gasteiger partial charge >= 0.3 is 0 Å². The Labute approximate surface area is 76.8 Å². The van der Waals surface area contributed by atoms with E-state index in [1.807, 2.05) is 5.51 Å². The molecule has 2 rings (SSSR count). The van der Waals surface area contributed by atoms with Gasteiger partial charge in [0.25, 0.3) is 0 Å². The van der Waals surface area contributed by atoms with E-state index in [2.05, 4.69) is 20.9 Å². The largest absolute Gasteiger partial charge is 0.298 e. The first-order chi connectivity index (χ1) is 5.27. The van der Waals surface area contributed by atoms with Crippen LogP contribution in [0.4, 0.5) is 0 Å². The molecule has 0 amide bonds. The summed E-state index contributed by atoms with van der Waals surface area (Å²) in [5.41, 5.74) is 2.90. The van der Waals surface area contributed by atoms with Crippen molar-refractivity contribution >= 4 is 33.0 Å². The number of nitrogens with zero attached hydrogens (tertiary/aromatic N) is 1. The standard InChI is InChI=1S/C7H6BrNOS/c8-4-1-5-7(2-6(4)10)11-3-9-5/h3-4H,1-2H2. The van der Waals surface area contributed by atoms with Crippen LogP contribution < -0.4 is 0 Å². The molecule has 4 heteroatoms. The van der Waals surface area contributed by atoms with Crippen LogP contribution in [0.1, 0.15) is 10.6 Å². The van der Waals surface area contributed by atoms with Gasteiger partial charge in [-0.1, -0.05) is 15.9 Å². The Morgan fingerprint density at radius 3 is 3.36 bits per heavy atom. The van der Waals surface area contributed by atoms with E-state index in [-0.39, 0.29) is 10.6 Å². The zero-order valence-corrected chi connectivity index (χ0v) is 8.11. The minimum absolute atomic E-state index is 0.00269. The van der Waals surface area contributed by atoms with E-state index in [0.717, 1.165) is 17.0 Å². The first-order valence-corrected chi connectivity index (χ1v) is 5.15. The molecule has 2 nitrogen and oxygen atoms in total. The number of aromatic nitrogens is 1. The van der Waals surface area contributed by atoms with Gasteiger partial charge in [-0.25, -0.2) is 4.98 Å². The molecule has 1 aliphatic carbocycles. The Morgan fingerprint density at radius 1 is 1.73 bits per heavy atom. The van der Waals surface area contributed by atoms with Crippen molar-refractivity contribution in [3.8, 4) is 0 Å². The van der Waals surface area contributed by atoms with Gasteiger partial charge in [0.15, 0.2) is 5.78 Å². The Morgan fingerprint density at radius 2 is 2.55 bits per heavy atom. The van der Waals surface area contributed by atoms with Crippen molar-refractivity contribution in [1.29, 1.82) is 0 Å². The van der Waals surface area contributed by atoms with E-state index < -0.39 is 0 Å². The molecule has 0 saturated heterocycles. The fourth-order valence-electron chi connectivity index (χ4n) is 1.16. The summed E-state index contributed by atoms with van der Waals surface area (Å²) in [4.78, 5) is 16.5. The normalized spacial score (nSPS) is 23.4. The highest BCUT2D eigenvalue weighted by Gasteiger charge is 2.25. The van der Waals surface area contributed by atoms with Crippen LogP contribution in [0, 0.1) is 0 Å². The molecule has 1 unspecified atom stereocenters. The quantitative estimate of drug-likeness (QED) is 0.635. The molecule has 0 radical (unpaired) electrons. The van der Waals surface area contributed by atoms with Gasteiger partial charge in [-0.3, -0.25) is 4.79 Å². The summed E-state index contributed by atoms with van der Waals surface area (Å²) in [6.45, 7) is 0. The predicted molar refractivity (Wildman–Crippen MR) is 47.2 cm³/mol. The summed E-state index contributed by atoms with van der Waals surface area (Å²) in [6, 6.07) is 0. The first kappa shape index (κ1) is 7.43. The van der Waals surface area contributed by atoms with Crippen LogP contribution >= 0.6 is 27.3 Å². The fourth-order valence-corrected chi connectivity index (χ4v) is 2.43. The van der Waals surface area contributed by atoms with Crippen LogP contribution in [-0.2, 0) is 17.6 Å². The number of rotatable bonds is 0. The summed E-state index contributed by atoms with van der Waals surface area (Å²) in [5, 5.41) is 0. The lowest BCUT2D eigenvalue weighted by atomic mass is 10.0. The highest BCUT2D eigenvalue weighted by atomic mass is 79.9. The summed E-state index contributed by atoms with van der Waals surface area (Å²) >= 11 is 4.90. The second-order valence-electron chi connectivity index (χ2n) is 2.54. The van der Waals surface area contributed by atoms with Crippen LogP contribution in [0.25, 0.3) is 0 Å². The molecule has 58 valence electrons. The maximum absolute atomic E-state index is 11.2. The van der Waals surface area contributed by atoms with Gasteiger partial charge in [-0.2, -0.15) is 0 Å². The lowest BCUT2D eigenvalue weighted by Crippen LogP contribution is -2.24. The van der Waals surface area contributed by atoms with Crippen molar-refractivity contribution in [2.45, 2.75) is 17.7 Å². The van der Waals surface area contributed by atoms with Gasteiger partial charge in [-0.05, 0) is 0 Å². The van der Waals surface area contributed by atoms with Crippen molar-refractivity contribution in [3.05, 3.63) is 16.1 Å². The van der Waals surface area contributed by atoms with Crippen molar-refractivity contribution in [2.75, 3.05) is 0 Å². The van der Waals surface area contributed by atoms with Crippen LogP contribution in [0.2, 0.25) is 0 Å². The third-order valence-electron chi connectivity index (χ3n) is 1.78. The Balaban J connectivity index is 2.37. The van der Waals surface area contributed by atoms with Crippen molar-refractivity contribution in [3.63, 3.8) is 0 Å². The monoisotopic (exact) mass is 231 g/mol. The van der Waals surface area contributed by atoms with Gasteiger partial charge in [0.05, 0.1) is 16.0 Å². The van der Waals surface area contributed by atoms with Crippen LogP contribution in [0.3, 0.4) is 0 Å². The Hall–Kier alpha value is -0.220. The molecule has 1 atom stereocenters. The summed E-state index contributed by atoms with van der Waals surface area (Å²) < 4.78 is 0. The molecule has 0 saturated carbocycles. The highest BCUT2D eigenvalue weighted by molar-refractivity contribution is 9.10. The molecule has 0 bridgehead atoms. The zero-order valence-electron chi connectivity index (χ0n) is 5.71. The van der Waals surface area contributed by atoms with E-state index in [9.17, 15) is 4.79 Å². The Bertz CT molecular complexity index is 296. The van der Waals surface area contributed by atoms with Gasteiger partial charge in [0.1, 0.15) is 0 Å². The maximum atomic E-state index is 11.2. The van der Waals surface area contributed by atoms with E-state index in [4.69, 9.17) is 0 Å². The fraction of sp³-hybridized carbons (Fsp3) is 0.429. The van der Waals surface area contributed by atoms with E-state index >= 15 is 0 Å². The molecular weight excluding hydrogens is 226 g/mol. The molecule has 1 aromatic heterocycles. The molecular formula is C7H6BrNOS. The second kappa shape index (κ2) is 2.68. The van der Waals surface area contributed by atoms with Gasteiger partial charge in [0, 0.05) is 17.7 Å². The van der Waals surface area contributed by atoms with E-state index in [1.54, 1.807) is 11.3 Å². The molecule has 0 spiro atoms. The number of carbonyl (C=O) groups excluding carboxylic acids is 1. The number of ketones is 1. The number of alkyl halides is 1. The molecule has 1 heterocycles. The van der Waals surface area contributed by atoms with Crippen LogP contribution in [0.15, 0.2) is 5.51 Å². The number of halogens is 1. The molecule has 0 aliphatic heterocycles. The van der Waals surface area contributed by atoms with Crippen molar-refractivity contribution in [1.82, 2.24) is 4.98 Å². The molecule has 11 heavy (non-hydrogen) atoms. The number of hydrogen-bond donors (Lipinski definition) is 0. The highest BCUT2D eigenvalue weighted by Crippen LogP contribution is 2.24. The molecule has 0 N–H and O–H groups in total. The number of fused-ring (bicyclic) bond motifs is 1. The average Bonchev–Trinajstić information content (AvgIpc) is 2.36. The minimum Gasteiger partial charge on any atom is -0.298 e. The molecule has 1 aliphatic rings. The zero-order chi connectivity index (χ0) is 7.84. The van der Waals surface area contributed by atoms with Gasteiger partial charge in [-0.15, -0.1) is 11.3 Å². The average molecular weight is 232 g/mol. The van der Waals surface area contributed by atoms with Crippen LogP contribution in [0.5, 0.6) is 0 Å². The second-order valence-corrected chi connectivity index (χ2v) is 4.58. The third-order valence-corrected chi connectivity index (χ3v) is 3.49. The SMILES string of the molecule is O=C1Cc2scnc2CC1Br. The molecule has 1 aromatic rings. The molecule has 0 aromatic carbocycles. The minimum atomic E-state index is -0.00269. The number of thiazole rings is 1.